The van der Waals surface area contributed by atoms with Gasteiger partial charge >= 0.3 is 5.97 Å². The molecule has 20 heavy (non-hydrogen) atoms. The molecule has 1 fully saturated rings. The molecule has 10 heteroatoms. The fraction of sp³-hybridized carbons (Fsp3) is 0.300. The highest BCUT2D eigenvalue weighted by Gasteiger charge is 2.39. The zero-order valence-corrected chi connectivity index (χ0v) is 11.8. The topological polar surface area (TPSA) is 121 Å². The maximum absolute atomic E-state index is 12.3. The molecule has 0 spiro atoms. The van der Waals surface area contributed by atoms with Gasteiger partial charge in [0.05, 0.1) is 11.4 Å². The summed E-state index contributed by atoms with van der Waals surface area (Å²) in [4.78, 5) is 33.2. The van der Waals surface area contributed by atoms with E-state index in [9.17, 15) is 22.8 Å². The Bertz CT molecular complexity index is 692. The largest absolute Gasteiger partial charge is 0.477 e. The average molecular weight is 318 g/mol. The van der Waals surface area contributed by atoms with Crippen LogP contribution in [0.3, 0.4) is 0 Å². The summed E-state index contributed by atoms with van der Waals surface area (Å²) in [6.07, 6.45) is 0. The Morgan fingerprint density at radius 1 is 1.50 bits per heavy atom. The fourth-order valence-corrected chi connectivity index (χ4v) is 4.33. The minimum absolute atomic E-state index is 0.135. The van der Waals surface area contributed by atoms with Gasteiger partial charge in [-0.25, -0.2) is 13.2 Å². The predicted octanol–water partition coefficient (Wildman–Crippen LogP) is -0.518. The Labute approximate surface area is 118 Å². The van der Waals surface area contributed by atoms with Crippen LogP contribution < -0.4 is 5.32 Å². The number of nitrogens with one attached hydrogen (secondary N) is 1. The standard InChI is InChI=1S/C10H10N2O6S2/c1-5-9(14)11-8(13)3-12(5)20(17,18)6-2-7(10(15)16)19-4-6/h2,4-5H,3H2,1H3,(H,15,16)(H,11,13,14). The van der Waals surface area contributed by atoms with Crippen molar-refractivity contribution in [3.05, 3.63) is 16.3 Å². The van der Waals surface area contributed by atoms with Crippen molar-refractivity contribution < 1.29 is 27.9 Å². The van der Waals surface area contributed by atoms with Crippen molar-refractivity contribution in [2.45, 2.75) is 17.9 Å². The van der Waals surface area contributed by atoms with E-state index in [1.807, 2.05) is 5.32 Å². The van der Waals surface area contributed by atoms with E-state index >= 15 is 0 Å². The summed E-state index contributed by atoms with van der Waals surface area (Å²) in [6, 6.07) is -0.0302. The van der Waals surface area contributed by atoms with Crippen molar-refractivity contribution in [3.8, 4) is 0 Å². The fourth-order valence-electron chi connectivity index (χ4n) is 1.69. The van der Waals surface area contributed by atoms with Crippen LogP contribution in [0.5, 0.6) is 0 Å². The molecule has 1 aromatic rings. The van der Waals surface area contributed by atoms with Crippen LogP contribution in [-0.2, 0) is 19.6 Å². The van der Waals surface area contributed by atoms with E-state index in [0.29, 0.717) is 0 Å². The molecule has 0 aliphatic carbocycles. The van der Waals surface area contributed by atoms with E-state index in [2.05, 4.69) is 0 Å². The Hall–Kier alpha value is -1.78. The number of hydrogen-bond acceptors (Lipinski definition) is 6. The molecule has 0 aromatic carbocycles. The molecule has 1 atom stereocenters. The lowest BCUT2D eigenvalue weighted by atomic mass is 10.2. The molecule has 1 saturated heterocycles. The first-order chi connectivity index (χ1) is 9.23. The number of aromatic carboxylic acids is 1. The van der Waals surface area contributed by atoms with E-state index in [-0.39, 0.29) is 9.77 Å². The Kier molecular flexibility index (Phi) is 3.63. The highest BCUT2D eigenvalue weighted by molar-refractivity contribution is 7.89. The number of thiophene rings is 1. The van der Waals surface area contributed by atoms with E-state index in [1.54, 1.807) is 0 Å². The number of piperazine rings is 1. The van der Waals surface area contributed by atoms with Crippen molar-refractivity contribution in [1.29, 1.82) is 0 Å². The monoisotopic (exact) mass is 318 g/mol. The summed E-state index contributed by atoms with van der Waals surface area (Å²) in [5.74, 6) is -2.67. The minimum Gasteiger partial charge on any atom is -0.477 e. The molecule has 0 bridgehead atoms. The van der Waals surface area contributed by atoms with E-state index in [1.165, 1.54) is 12.3 Å². The maximum Gasteiger partial charge on any atom is 0.345 e. The highest BCUT2D eigenvalue weighted by atomic mass is 32.2. The molecule has 2 heterocycles. The molecule has 2 N–H and O–H groups in total. The van der Waals surface area contributed by atoms with Crippen LogP contribution in [0.4, 0.5) is 0 Å². The van der Waals surface area contributed by atoms with Gasteiger partial charge in [-0.1, -0.05) is 0 Å². The minimum atomic E-state index is -4.09. The smallest absolute Gasteiger partial charge is 0.345 e. The zero-order valence-electron chi connectivity index (χ0n) is 10.2. The highest BCUT2D eigenvalue weighted by Crippen LogP contribution is 2.25. The molecule has 0 radical (unpaired) electrons. The molecular weight excluding hydrogens is 308 g/mol. The van der Waals surface area contributed by atoms with Gasteiger partial charge in [-0.3, -0.25) is 14.9 Å². The number of nitrogens with zero attached hydrogens (tertiary/aromatic N) is 1. The van der Waals surface area contributed by atoms with Crippen LogP contribution in [0.1, 0.15) is 16.6 Å². The molecule has 8 nitrogen and oxygen atoms in total. The molecular formula is C10H10N2O6S2. The number of carboxylic acids is 1. The lowest BCUT2D eigenvalue weighted by Gasteiger charge is -2.30. The first kappa shape index (κ1) is 14.6. The van der Waals surface area contributed by atoms with Gasteiger partial charge in [0.2, 0.25) is 21.8 Å². The predicted molar refractivity (Wildman–Crippen MR) is 67.8 cm³/mol. The summed E-state index contributed by atoms with van der Waals surface area (Å²) >= 11 is 0.760. The quantitative estimate of drug-likeness (QED) is 0.724. The van der Waals surface area contributed by atoms with Crippen LogP contribution >= 0.6 is 11.3 Å². The Morgan fingerprint density at radius 3 is 2.70 bits per heavy atom. The molecule has 1 aliphatic heterocycles. The number of carbonyl (C=O) groups is 3. The molecule has 1 aromatic heterocycles. The summed E-state index contributed by atoms with van der Waals surface area (Å²) < 4.78 is 25.4. The number of carbonyl (C=O) groups excluding carboxylic acids is 2. The number of amides is 2. The van der Waals surface area contributed by atoms with Crippen LogP contribution in [0.2, 0.25) is 0 Å². The Morgan fingerprint density at radius 2 is 2.15 bits per heavy atom. The number of rotatable bonds is 3. The molecule has 1 aliphatic rings. The first-order valence-corrected chi connectivity index (χ1v) is 7.73. The van der Waals surface area contributed by atoms with Gasteiger partial charge in [-0.2, -0.15) is 4.31 Å². The van der Waals surface area contributed by atoms with Crippen molar-refractivity contribution >= 4 is 39.1 Å². The van der Waals surface area contributed by atoms with Gasteiger partial charge in [0.25, 0.3) is 0 Å². The van der Waals surface area contributed by atoms with Gasteiger partial charge in [0.1, 0.15) is 10.9 Å². The van der Waals surface area contributed by atoms with Gasteiger partial charge in [0.15, 0.2) is 0 Å². The van der Waals surface area contributed by atoms with Gasteiger partial charge in [0, 0.05) is 5.38 Å². The normalized spacial score (nSPS) is 20.8. The molecule has 2 amide bonds. The van der Waals surface area contributed by atoms with Crippen molar-refractivity contribution in [2.75, 3.05) is 6.54 Å². The van der Waals surface area contributed by atoms with Gasteiger partial charge in [-0.15, -0.1) is 11.3 Å². The number of imide groups is 1. The third-order valence-electron chi connectivity index (χ3n) is 2.77. The van der Waals surface area contributed by atoms with Crippen LogP contribution in [0.25, 0.3) is 0 Å². The van der Waals surface area contributed by atoms with Crippen LogP contribution in [-0.4, -0.2) is 48.2 Å². The lowest BCUT2D eigenvalue weighted by Crippen LogP contribution is -2.58. The van der Waals surface area contributed by atoms with Crippen LogP contribution in [0, 0.1) is 0 Å². The SMILES string of the molecule is CC1C(=O)NC(=O)CN1S(=O)(=O)c1csc(C(=O)O)c1. The molecule has 1 unspecified atom stereocenters. The van der Waals surface area contributed by atoms with Crippen molar-refractivity contribution in [3.63, 3.8) is 0 Å². The summed E-state index contributed by atoms with van der Waals surface area (Å²) in [6.45, 7) is 0.872. The second kappa shape index (κ2) is 4.96. The van der Waals surface area contributed by atoms with E-state index < -0.39 is 40.4 Å². The van der Waals surface area contributed by atoms with Crippen molar-refractivity contribution in [1.82, 2.24) is 9.62 Å². The third-order valence-corrected chi connectivity index (χ3v) is 5.73. The number of carboxylic acid groups (broad SMARTS) is 1. The number of hydrogen-bond donors (Lipinski definition) is 2. The Balaban J connectivity index is 2.40. The summed E-state index contributed by atoms with van der Waals surface area (Å²) in [7, 11) is -4.09. The molecule has 2 rings (SSSR count). The van der Waals surface area contributed by atoms with Gasteiger partial charge in [-0.05, 0) is 13.0 Å². The maximum atomic E-state index is 12.3. The number of sulfonamides is 1. The molecule has 0 saturated carbocycles. The third kappa shape index (κ3) is 2.44. The van der Waals surface area contributed by atoms with Crippen molar-refractivity contribution in [2.24, 2.45) is 0 Å². The summed E-state index contributed by atoms with van der Waals surface area (Å²) in [5, 5.41) is 12.0. The second-order valence-electron chi connectivity index (χ2n) is 4.09. The average Bonchev–Trinajstić information content (AvgIpc) is 2.83. The van der Waals surface area contributed by atoms with Crippen LogP contribution in [0.15, 0.2) is 16.3 Å². The first-order valence-electron chi connectivity index (χ1n) is 5.41. The second-order valence-corrected chi connectivity index (χ2v) is 6.89. The van der Waals surface area contributed by atoms with E-state index in [0.717, 1.165) is 21.7 Å². The molecule has 108 valence electrons. The van der Waals surface area contributed by atoms with E-state index in [4.69, 9.17) is 5.11 Å². The zero-order chi connectivity index (χ0) is 15.1. The lowest BCUT2D eigenvalue weighted by molar-refractivity contribution is -0.136. The summed E-state index contributed by atoms with van der Waals surface area (Å²) in [5.41, 5.74) is 0. The van der Waals surface area contributed by atoms with Gasteiger partial charge < -0.3 is 5.11 Å².